The summed E-state index contributed by atoms with van der Waals surface area (Å²) in [5.74, 6) is 1.01. The molecule has 0 amide bonds. The highest BCUT2D eigenvalue weighted by molar-refractivity contribution is 7.13. The molecule has 0 saturated carbocycles. The summed E-state index contributed by atoms with van der Waals surface area (Å²) in [4.78, 5) is 10.0. The van der Waals surface area contributed by atoms with Gasteiger partial charge in [-0.3, -0.25) is 4.98 Å². The number of nitrogens with zero attached hydrogens (tertiary/aromatic N) is 3. The van der Waals surface area contributed by atoms with E-state index in [1.165, 1.54) is 10.4 Å². The summed E-state index contributed by atoms with van der Waals surface area (Å²) < 4.78 is 2.14. The zero-order chi connectivity index (χ0) is 12.4. The summed E-state index contributed by atoms with van der Waals surface area (Å²) in [6, 6.07) is 8.19. The molecule has 0 aliphatic carbocycles. The van der Waals surface area contributed by atoms with Crippen molar-refractivity contribution in [2.45, 2.75) is 13.5 Å². The van der Waals surface area contributed by atoms with Crippen molar-refractivity contribution < 1.29 is 0 Å². The average Bonchev–Trinajstić information content (AvgIpc) is 3.02. The lowest BCUT2D eigenvalue weighted by Gasteiger charge is -2.08. The maximum atomic E-state index is 4.43. The number of pyridine rings is 1. The number of hydrogen-bond acceptors (Lipinski definition) is 3. The van der Waals surface area contributed by atoms with Crippen molar-refractivity contribution in [2.24, 2.45) is 0 Å². The highest BCUT2D eigenvalue weighted by Crippen LogP contribution is 2.23. The first kappa shape index (κ1) is 11.2. The van der Waals surface area contributed by atoms with Gasteiger partial charge >= 0.3 is 0 Å². The summed E-state index contributed by atoms with van der Waals surface area (Å²) >= 11 is 1.71. The van der Waals surface area contributed by atoms with Crippen molar-refractivity contribution in [2.75, 3.05) is 0 Å². The van der Waals surface area contributed by atoms with Crippen LogP contribution in [0.15, 0.2) is 48.2 Å². The van der Waals surface area contributed by atoms with Crippen LogP contribution in [-0.2, 0) is 6.54 Å². The van der Waals surface area contributed by atoms with Crippen molar-refractivity contribution in [3.8, 4) is 10.7 Å². The van der Waals surface area contributed by atoms with E-state index < -0.39 is 0 Å². The molecule has 18 heavy (non-hydrogen) atoms. The lowest BCUT2D eigenvalue weighted by molar-refractivity contribution is 0.776. The first-order chi connectivity index (χ1) is 8.84. The second kappa shape index (κ2) is 4.74. The Labute approximate surface area is 110 Å². The molecule has 3 rings (SSSR count). The standard InChI is InChI=1S/C14H13N3S/c1-11-4-2-6-15-12(11)10-17-8-7-16-14(17)13-5-3-9-18-13/h2-9H,10H2,1H3. The largest absolute Gasteiger partial charge is 0.324 e. The highest BCUT2D eigenvalue weighted by atomic mass is 32.1. The molecular formula is C14H13N3S. The van der Waals surface area contributed by atoms with Crippen molar-refractivity contribution in [1.82, 2.24) is 14.5 Å². The minimum Gasteiger partial charge on any atom is -0.324 e. The minimum atomic E-state index is 0.764. The molecule has 0 atom stereocenters. The molecule has 0 unspecified atom stereocenters. The predicted molar refractivity (Wildman–Crippen MR) is 73.6 cm³/mol. The molecule has 0 N–H and O–H groups in total. The van der Waals surface area contributed by atoms with Gasteiger partial charge in [0.2, 0.25) is 0 Å². The number of rotatable bonds is 3. The Morgan fingerprint density at radius 1 is 1.17 bits per heavy atom. The van der Waals surface area contributed by atoms with Crippen molar-refractivity contribution in [1.29, 1.82) is 0 Å². The van der Waals surface area contributed by atoms with E-state index in [1.54, 1.807) is 11.3 Å². The van der Waals surface area contributed by atoms with Crippen LogP contribution in [0.25, 0.3) is 10.7 Å². The zero-order valence-corrected chi connectivity index (χ0v) is 10.9. The molecular weight excluding hydrogens is 242 g/mol. The van der Waals surface area contributed by atoms with Crippen molar-refractivity contribution in [3.63, 3.8) is 0 Å². The molecule has 0 aliphatic rings. The molecule has 0 spiro atoms. The first-order valence-electron chi connectivity index (χ1n) is 5.80. The van der Waals surface area contributed by atoms with Gasteiger partial charge in [-0.25, -0.2) is 4.98 Å². The molecule has 90 valence electrons. The van der Waals surface area contributed by atoms with Crippen LogP contribution in [0, 0.1) is 6.92 Å². The van der Waals surface area contributed by atoms with Gasteiger partial charge < -0.3 is 4.57 Å². The van der Waals surface area contributed by atoms with Crippen LogP contribution >= 0.6 is 11.3 Å². The third-order valence-electron chi connectivity index (χ3n) is 2.90. The van der Waals surface area contributed by atoms with E-state index in [4.69, 9.17) is 0 Å². The molecule has 0 aromatic carbocycles. The van der Waals surface area contributed by atoms with Gasteiger partial charge in [-0.2, -0.15) is 0 Å². The average molecular weight is 255 g/mol. The lowest BCUT2D eigenvalue weighted by Crippen LogP contribution is -2.04. The maximum Gasteiger partial charge on any atom is 0.150 e. The van der Waals surface area contributed by atoms with Crippen LogP contribution in [0.2, 0.25) is 0 Å². The second-order valence-electron chi connectivity index (χ2n) is 4.12. The van der Waals surface area contributed by atoms with E-state index in [0.29, 0.717) is 0 Å². The summed E-state index contributed by atoms with van der Waals surface area (Å²) in [6.07, 6.45) is 5.68. The van der Waals surface area contributed by atoms with Gasteiger partial charge in [0, 0.05) is 18.6 Å². The normalized spacial score (nSPS) is 10.7. The molecule has 4 heteroatoms. The fourth-order valence-corrected chi connectivity index (χ4v) is 2.65. The Kier molecular flexibility index (Phi) is 2.94. The number of aryl methyl sites for hydroxylation is 1. The van der Waals surface area contributed by atoms with Gasteiger partial charge in [-0.1, -0.05) is 12.1 Å². The molecule has 3 nitrogen and oxygen atoms in total. The molecule has 3 aromatic heterocycles. The minimum absolute atomic E-state index is 0.764. The second-order valence-corrected chi connectivity index (χ2v) is 5.07. The van der Waals surface area contributed by atoms with Crippen molar-refractivity contribution >= 4 is 11.3 Å². The van der Waals surface area contributed by atoms with E-state index in [-0.39, 0.29) is 0 Å². The molecule has 0 fully saturated rings. The Hall–Kier alpha value is -1.94. The molecule has 3 aromatic rings. The number of aromatic nitrogens is 3. The SMILES string of the molecule is Cc1cccnc1Cn1ccnc1-c1cccs1. The monoisotopic (exact) mass is 255 g/mol. The van der Waals surface area contributed by atoms with Gasteiger partial charge in [0.05, 0.1) is 17.1 Å². The topological polar surface area (TPSA) is 30.7 Å². The Bertz CT molecular complexity index is 641. The third kappa shape index (κ3) is 2.07. The summed E-state index contributed by atoms with van der Waals surface area (Å²) in [6.45, 7) is 2.85. The Morgan fingerprint density at radius 3 is 2.89 bits per heavy atom. The molecule has 3 heterocycles. The smallest absolute Gasteiger partial charge is 0.150 e. The van der Waals surface area contributed by atoms with E-state index in [2.05, 4.69) is 39.0 Å². The summed E-state index contributed by atoms with van der Waals surface area (Å²) in [7, 11) is 0. The van der Waals surface area contributed by atoms with Crippen LogP contribution in [0.3, 0.4) is 0 Å². The van der Waals surface area contributed by atoms with E-state index in [0.717, 1.165) is 18.1 Å². The van der Waals surface area contributed by atoms with E-state index in [1.807, 2.05) is 30.7 Å². The third-order valence-corrected chi connectivity index (χ3v) is 3.76. The molecule has 0 aliphatic heterocycles. The maximum absolute atomic E-state index is 4.43. The van der Waals surface area contributed by atoms with Gasteiger partial charge in [0.1, 0.15) is 5.82 Å². The first-order valence-corrected chi connectivity index (χ1v) is 6.68. The summed E-state index contributed by atoms with van der Waals surface area (Å²) in [5, 5.41) is 2.07. The van der Waals surface area contributed by atoms with E-state index in [9.17, 15) is 0 Å². The van der Waals surface area contributed by atoms with E-state index >= 15 is 0 Å². The van der Waals surface area contributed by atoms with Gasteiger partial charge in [-0.15, -0.1) is 11.3 Å². The van der Waals surface area contributed by atoms with Crippen LogP contribution in [0.4, 0.5) is 0 Å². The number of thiophene rings is 1. The lowest BCUT2D eigenvalue weighted by atomic mass is 10.2. The fraction of sp³-hybridized carbons (Fsp3) is 0.143. The quantitative estimate of drug-likeness (QED) is 0.718. The van der Waals surface area contributed by atoms with Crippen LogP contribution in [0.1, 0.15) is 11.3 Å². The molecule has 0 saturated heterocycles. The number of imidazole rings is 1. The van der Waals surface area contributed by atoms with Gasteiger partial charge in [0.25, 0.3) is 0 Å². The van der Waals surface area contributed by atoms with Crippen LogP contribution in [0.5, 0.6) is 0 Å². The van der Waals surface area contributed by atoms with Gasteiger partial charge in [-0.05, 0) is 30.0 Å². The molecule has 0 radical (unpaired) electrons. The van der Waals surface area contributed by atoms with Gasteiger partial charge in [0.15, 0.2) is 0 Å². The zero-order valence-electron chi connectivity index (χ0n) is 10.1. The fourth-order valence-electron chi connectivity index (χ4n) is 1.91. The van der Waals surface area contributed by atoms with Crippen molar-refractivity contribution in [3.05, 3.63) is 59.5 Å². The summed E-state index contributed by atoms with van der Waals surface area (Å²) in [5.41, 5.74) is 2.30. The van der Waals surface area contributed by atoms with Crippen LogP contribution < -0.4 is 0 Å². The Balaban J connectivity index is 1.95. The number of hydrogen-bond donors (Lipinski definition) is 0. The molecule has 0 bridgehead atoms. The highest BCUT2D eigenvalue weighted by Gasteiger charge is 2.08. The Morgan fingerprint density at radius 2 is 2.11 bits per heavy atom. The van der Waals surface area contributed by atoms with Crippen LogP contribution in [-0.4, -0.2) is 14.5 Å². The predicted octanol–water partition coefficient (Wildman–Crippen LogP) is 3.36.